The summed E-state index contributed by atoms with van der Waals surface area (Å²) in [5.74, 6) is 0. The third-order valence-electron chi connectivity index (χ3n) is 4.67. The maximum Gasteiger partial charge on any atom is 0.110 e. The fourth-order valence-electron chi connectivity index (χ4n) is 3.67. The van der Waals surface area contributed by atoms with E-state index in [2.05, 4.69) is 56.8 Å². The van der Waals surface area contributed by atoms with Crippen molar-refractivity contribution in [1.29, 1.82) is 0 Å². The van der Waals surface area contributed by atoms with Gasteiger partial charge >= 0.3 is 0 Å². The summed E-state index contributed by atoms with van der Waals surface area (Å²) >= 11 is 1.78. The molecule has 0 amide bonds. The highest BCUT2D eigenvalue weighted by atomic mass is 32.1. The molecule has 6 rings (SSSR count). The molecular weight excluding hydrogens is 314 g/mol. The monoisotopic (exact) mass is 325 g/mol. The second-order valence-corrected chi connectivity index (χ2v) is 6.98. The molecule has 0 aliphatic carbocycles. The Morgan fingerprint density at radius 3 is 2.62 bits per heavy atom. The largest absolute Gasteiger partial charge is 0.298 e. The van der Waals surface area contributed by atoms with Crippen LogP contribution in [0.5, 0.6) is 0 Å². The van der Waals surface area contributed by atoms with Crippen LogP contribution in [0, 0.1) is 0 Å². The molecule has 1 aromatic carbocycles. The zero-order valence-electron chi connectivity index (χ0n) is 12.6. The van der Waals surface area contributed by atoms with Crippen LogP contribution in [-0.4, -0.2) is 14.4 Å². The van der Waals surface area contributed by atoms with E-state index in [4.69, 9.17) is 0 Å². The summed E-state index contributed by atoms with van der Waals surface area (Å²) in [6, 6.07) is 19.0. The van der Waals surface area contributed by atoms with E-state index in [0.717, 1.165) is 11.2 Å². The third-order valence-corrected chi connectivity index (χ3v) is 5.81. The summed E-state index contributed by atoms with van der Waals surface area (Å²) in [7, 11) is 0. The molecule has 0 bridgehead atoms. The van der Waals surface area contributed by atoms with Crippen molar-refractivity contribution in [1.82, 2.24) is 14.4 Å². The number of hydrogen-bond donors (Lipinski definition) is 0. The highest BCUT2D eigenvalue weighted by molar-refractivity contribution is 7.22. The van der Waals surface area contributed by atoms with Crippen molar-refractivity contribution in [3.63, 3.8) is 0 Å². The molecule has 0 spiro atoms. The van der Waals surface area contributed by atoms with Crippen LogP contribution in [0.25, 0.3) is 48.1 Å². The van der Waals surface area contributed by atoms with Crippen molar-refractivity contribution < 1.29 is 0 Å². The van der Waals surface area contributed by atoms with Gasteiger partial charge in [0.25, 0.3) is 0 Å². The van der Waals surface area contributed by atoms with E-state index in [0.29, 0.717) is 0 Å². The first kappa shape index (κ1) is 12.4. The molecule has 4 heteroatoms. The van der Waals surface area contributed by atoms with Crippen molar-refractivity contribution in [2.75, 3.05) is 0 Å². The predicted octanol–water partition coefficient (Wildman–Crippen LogP) is 5.36. The van der Waals surface area contributed by atoms with Gasteiger partial charge in [-0.3, -0.25) is 14.4 Å². The van der Waals surface area contributed by atoms with Crippen LogP contribution in [0.1, 0.15) is 0 Å². The molecule has 0 unspecified atom stereocenters. The number of nitrogens with zero attached hydrogens (tertiary/aromatic N) is 3. The zero-order chi connectivity index (χ0) is 15.7. The topological polar surface area (TPSA) is 30.2 Å². The lowest BCUT2D eigenvalue weighted by Gasteiger charge is -1.95. The van der Waals surface area contributed by atoms with E-state index in [-0.39, 0.29) is 0 Å². The number of aromatic nitrogens is 3. The molecule has 112 valence electrons. The van der Waals surface area contributed by atoms with Crippen molar-refractivity contribution in [3.05, 3.63) is 67.0 Å². The van der Waals surface area contributed by atoms with Gasteiger partial charge in [0.05, 0.1) is 27.1 Å². The second kappa shape index (κ2) is 4.30. The lowest BCUT2D eigenvalue weighted by atomic mass is 10.1. The average molecular weight is 325 g/mol. The van der Waals surface area contributed by atoms with Gasteiger partial charge in [-0.05, 0) is 30.3 Å². The van der Waals surface area contributed by atoms with E-state index in [9.17, 15) is 0 Å². The highest BCUT2D eigenvalue weighted by Crippen LogP contribution is 2.42. The molecule has 0 fully saturated rings. The molecule has 0 atom stereocenters. The van der Waals surface area contributed by atoms with Gasteiger partial charge in [-0.2, -0.15) is 0 Å². The molecule has 0 aliphatic heterocycles. The van der Waals surface area contributed by atoms with Crippen molar-refractivity contribution in [3.8, 4) is 10.6 Å². The number of fused-ring (bicyclic) bond motifs is 6. The molecule has 0 saturated heterocycles. The smallest absolute Gasteiger partial charge is 0.110 e. The van der Waals surface area contributed by atoms with Crippen LogP contribution >= 0.6 is 11.3 Å². The van der Waals surface area contributed by atoms with Crippen LogP contribution in [0.15, 0.2) is 67.0 Å². The van der Waals surface area contributed by atoms with Gasteiger partial charge in [-0.25, -0.2) is 0 Å². The quantitative estimate of drug-likeness (QED) is 0.407. The standard InChI is InChI=1S/C20H11N3S/c1-2-7-16-12(5-1)13-8-10-22-18-14-11-17(15-6-3-4-9-21-15)24-20(14)23(16)19(13)18/h1-11H. The predicted molar refractivity (Wildman–Crippen MR) is 100 cm³/mol. The maximum absolute atomic E-state index is 4.69. The minimum absolute atomic E-state index is 1.02. The summed E-state index contributed by atoms with van der Waals surface area (Å²) < 4.78 is 2.36. The number of benzene rings is 1. The highest BCUT2D eigenvalue weighted by Gasteiger charge is 2.20. The minimum Gasteiger partial charge on any atom is -0.298 e. The van der Waals surface area contributed by atoms with Crippen LogP contribution in [0.3, 0.4) is 0 Å². The Balaban J connectivity index is 1.85. The fraction of sp³-hybridized carbons (Fsp3) is 0. The fourth-order valence-corrected chi connectivity index (χ4v) is 4.83. The van der Waals surface area contributed by atoms with Gasteiger partial charge in [0.2, 0.25) is 0 Å². The molecule has 3 nitrogen and oxygen atoms in total. The van der Waals surface area contributed by atoms with E-state index >= 15 is 0 Å². The van der Waals surface area contributed by atoms with Gasteiger partial charge in [0, 0.05) is 28.6 Å². The van der Waals surface area contributed by atoms with Crippen molar-refractivity contribution in [2.45, 2.75) is 0 Å². The molecule has 24 heavy (non-hydrogen) atoms. The van der Waals surface area contributed by atoms with Gasteiger partial charge in [-0.15, -0.1) is 11.3 Å². The van der Waals surface area contributed by atoms with Crippen LogP contribution in [-0.2, 0) is 0 Å². The van der Waals surface area contributed by atoms with Crippen molar-refractivity contribution >= 4 is 48.9 Å². The van der Waals surface area contributed by atoms with Crippen LogP contribution in [0.4, 0.5) is 0 Å². The molecule has 5 heterocycles. The number of rotatable bonds is 1. The third kappa shape index (κ3) is 1.42. The molecule has 0 aliphatic rings. The number of pyridine rings is 2. The molecule has 0 saturated carbocycles. The van der Waals surface area contributed by atoms with Crippen LogP contribution in [0.2, 0.25) is 0 Å². The Morgan fingerprint density at radius 1 is 0.792 bits per heavy atom. The van der Waals surface area contributed by atoms with Crippen LogP contribution < -0.4 is 0 Å². The summed E-state index contributed by atoms with van der Waals surface area (Å²) in [6.45, 7) is 0. The van der Waals surface area contributed by atoms with Gasteiger partial charge in [0.1, 0.15) is 4.83 Å². The maximum atomic E-state index is 4.69. The Morgan fingerprint density at radius 2 is 1.71 bits per heavy atom. The Labute approximate surface area is 141 Å². The van der Waals surface area contributed by atoms with E-state index in [1.165, 1.54) is 36.9 Å². The van der Waals surface area contributed by atoms with E-state index in [1.807, 2.05) is 24.5 Å². The average Bonchev–Trinajstić information content (AvgIpc) is 3.29. The summed E-state index contributed by atoms with van der Waals surface area (Å²) in [6.07, 6.45) is 3.76. The lowest BCUT2D eigenvalue weighted by Crippen LogP contribution is -1.78. The van der Waals surface area contributed by atoms with E-state index < -0.39 is 0 Å². The molecule has 0 radical (unpaired) electrons. The minimum atomic E-state index is 1.02. The van der Waals surface area contributed by atoms with Gasteiger partial charge in [0.15, 0.2) is 0 Å². The molecule has 6 aromatic rings. The second-order valence-electron chi connectivity index (χ2n) is 5.95. The number of para-hydroxylation sites is 1. The Hall–Kier alpha value is -2.98. The van der Waals surface area contributed by atoms with Gasteiger partial charge in [-0.1, -0.05) is 24.3 Å². The number of thiophene rings is 1. The normalized spacial score (nSPS) is 12.2. The van der Waals surface area contributed by atoms with Crippen molar-refractivity contribution in [2.24, 2.45) is 0 Å². The molecule has 5 aromatic heterocycles. The molecule has 0 N–H and O–H groups in total. The van der Waals surface area contributed by atoms with Gasteiger partial charge < -0.3 is 0 Å². The zero-order valence-corrected chi connectivity index (χ0v) is 13.4. The Kier molecular flexibility index (Phi) is 2.23. The summed E-state index contributed by atoms with van der Waals surface area (Å²) in [5, 5.41) is 3.78. The first-order chi connectivity index (χ1) is 11.9. The number of hydrogen-bond acceptors (Lipinski definition) is 3. The summed E-state index contributed by atoms with van der Waals surface area (Å²) in [4.78, 5) is 11.6. The lowest BCUT2D eigenvalue weighted by molar-refractivity contribution is 1.34. The Bertz CT molecular complexity index is 1350. The molecular formula is C20H11N3S. The first-order valence-electron chi connectivity index (χ1n) is 7.86. The summed E-state index contributed by atoms with van der Waals surface area (Å²) in [5.41, 5.74) is 4.57. The van der Waals surface area contributed by atoms with E-state index in [1.54, 1.807) is 11.3 Å². The SMILES string of the molecule is c1ccc(-c2cc3c4nccc5c6ccccc6n(c3s2)c54)nc1. The first-order valence-corrected chi connectivity index (χ1v) is 8.67.